The van der Waals surface area contributed by atoms with Crippen molar-refractivity contribution in [1.29, 1.82) is 0 Å². The molecule has 2 atom stereocenters. The molecule has 130 valence electrons. The van der Waals surface area contributed by atoms with Gasteiger partial charge in [0.2, 0.25) is 11.8 Å². The van der Waals surface area contributed by atoms with Crippen LogP contribution in [0, 0.1) is 5.92 Å². The molecule has 1 aromatic rings. The number of likely N-dealkylation sites (tertiary alicyclic amines) is 1. The Kier molecular flexibility index (Phi) is 3.82. The number of rotatable bonds is 2. The van der Waals surface area contributed by atoms with E-state index in [-0.39, 0.29) is 30.8 Å². The molecule has 1 aliphatic carbocycles. The molecular weight excluding hydrogens is 314 g/mol. The summed E-state index contributed by atoms with van der Waals surface area (Å²) < 4.78 is 33.4. The molecule has 2 saturated heterocycles. The highest BCUT2D eigenvalue weighted by Gasteiger charge is 2.50. The SMILES string of the molecule is O=C([C@H]1CCC(F)(F)C[C@@H]1c1ccccn1)N1CCC2(CC1)CO2. The Morgan fingerprint density at radius 2 is 2.00 bits per heavy atom. The topological polar surface area (TPSA) is 45.7 Å². The minimum absolute atomic E-state index is 0.0107. The summed E-state index contributed by atoms with van der Waals surface area (Å²) in [6.07, 6.45) is 3.05. The Hall–Kier alpha value is -1.56. The molecule has 1 saturated carbocycles. The molecular formula is C18H22F2N2O2. The first kappa shape index (κ1) is 15.9. The summed E-state index contributed by atoms with van der Waals surface area (Å²) in [4.78, 5) is 19.1. The number of amides is 1. The first-order chi connectivity index (χ1) is 11.5. The van der Waals surface area contributed by atoms with Crippen molar-refractivity contribution in [3.05, 3.63) is 30.1 Å². The molecule has 4 nitrogen and oxygen atoms in total. The number of aromatic nitrogens is 1. The molecule has 3 fully saturated rings. The van der Waals surface area contributed by atoms with Crippen LogP contribution in [0.4, 0.5) is 8.78 Å². The molecule has 3 heterocycles. The molecule has 3 aliphatic rings. The Balaban J connectivity index is 1.52. The third kappa shape index (κ3) is 3.04. The Labute approximate surface area is 140 Å². The third-order valence-electron chi connectivity index (χ3n) is 5.75. The van der Waals surface area contributed by atoms with Crippen LogP contribution in [0.15, 0.2) is 24.4 Å². The van der Waals surface area contributed by atoms with E-state index in [0.29, 0.717) is 18.8 Å². The van der Waals surface area contributed by atoms with Crippen molar-refractivity contribution >= 4 is 5.91 Å². The van der Waals surface area contributed by atoms with E-state index in [2.05, 4.69) is 4.98 Å². The second-order valence-corrected chi connectivity index (χ2v) is 7.36. The van der Waals surface area contributed by atoms with Crippen LogP contribution >= 0.6 is 0 Å². The molecule has 1 aromatic heterocycles. The fraction of sp³-hybridized carbons (Fsp3) is 0.667. The molecule has 24 heavy (non-hydrogen) atoms. The van der Waals surface area contributed by atoms with Crippen LogP contribution in [0.2, 0.25) is 0 Å². The number of halogens is 2. The lowest BCUT2D eigenvalue weighted by Gasteiger charge is -2.39. The number of alkyl halides is 2. The van der Waals surface area contributed by atoms with E-state index in [1.165, 1.54) is 0 Å². The van der Waals surface area contributed by atoms with Gasteiger partial charge in [-0.05, 0) is 31.4 Å². The molecule has 0 bridgehead atoms. The van der Waals surface area contributed by atoms with E-state index in [0.717, 1.165) is 19.4 Å². The molecule has 0 radical (unpaired) electrons. The van der Waals surface area contributed by atoms with E-state index in [4.69, 9.17) is 4.74 Å². The molecule has 4 rings (SSSR count). The predicted octanol–water partition coefficient (Wildman–Crippen LogP) is 2.99. The number of carbonyl (C=O) groups excluding carboxylic acids is 1. The number of hydrogen-bond acceptors (Lipinski definition) is 3. The molecule has 1 spiro atoms. The van der Waals surface area contributed by atoms with E-state index < -0.39 is 17.8 Å². The van der Waals surface area contributed by atoms with E-state index in [1.807, 2.05) is 4.90 Å². The lowest BCUT2D eigenvalue weighted by atomic mass is 9.74. The predicted molar refractivity (Wildman–Crippen MR) is 83.8 cm³/mol. The van der Waals surface area contributed by atoms with Crippen molar-refractivity contribution in [2.24, 2.45) is 5.92 Å². The number of piperidine rings is 1. The fourth-order valence-electron chi connectivity index (χ4n) is 4.10. The molecule has 0 aromatic carbocycles. The molecule has 0 unspecified atom stereocenters. The van der Waals surface area contributed by atoms with Crippen LogP contribution in [-0.4, -0.2) is 47.0 Å². The van der Waals surface area contributed by atoms with Crippen LogP contribution < -0.4 is 0 Å². The summed E-state index contributed by atoms with van der Waals surface area (Å²) in [5.41, 5.74) is 0.616. The van der Waals surface area contributed by atoms with E-state index in [9.17, 15) is 13.6 Å². The summed E-state index contributed by atoms with van der Waals surface area (Å²) in [6, 6.07) is 5.32. The van der Waals surface area contributed by atoms with Crippen molar-refractivity contribution in [2.75, 3.05) is 19.7 Å². The average molecular weight is 336 g/mol. The normalized spacial score (nSPS) is 31.0. The molecule has 0 N–H and O–H groups in total. The average Bonchev–Trinajstić information content (AvgIpc) is 3.34. The number of nitrogens with zero attached hydrogens (tertiary/aromatic N) is 2. The number of carbonyl (C=O) groups is 1. The fourth-order valence-corrected chi connectivity index (χ4v) is 4.10. The quantitative estimate of drug-likeness (QED) is 0.780. The van der Waals surface area contributed by atoms with Crippen molar-refractivity contribution in [3.8, 4) is 0 Å². The zero-order chi connectivity index (χ0) is 16.8. The summed E-state index contributed by atoms with van der Waals surface area (Å²) in [6.45, 7) is 2.13. The maximum Gasteiger partial charge on any atom is 0.248 e. The Morgan fingerprint density at radius 1 is 1.25 bits per heavy atom. The largest absolute Gasteiger partial charge is 0.369 e. The minimum atomic E-state index is -2.72. The maximum absolute atomic E-state index is 14.0. The molecule has 6 heteroatoms. The minimum Gasteiger partial charge on any atom is -0.369 e. The van der Waals surface area contributed by atoms with E-state index in [1.54, 1.807) is 24.4 Å². The monoisotopic (exact) mass is 336 g/mol. The lowest BCUT2D eigenvalue weighted by Crippen LogP contribution is -2.47. The van der Waals surface area contributed by atoms with Gasteiger partial charge in [-0.25, -0.2) is 8.78 Å². The van der Waals surface area contributed by atoms with Crippen LogP contribution in [0.5, 0.6) is 0 Å². The summed E-state index contributed by atoms with van der Waals surface area (Å²) in [5, 5.41) is 0. The van der Waals surface area contributed by atoms with Gasteiger partial charge in [0.25, 0.3) is 0 Å². The van der Waals surface area contributed by atoms with Crippen LogP contribution in [0.3, 0.4) is 0 Å². The van der Waals surface area contributed by atoms with Gasteiger partial charge < -0.3 is 9.64 Å². The standard InChI is InChI=1S/C18H22F2N2O2/c19-18(20)5-4-13(14(11-18)15-3-1-2-8-21-15)16(23)22-9-6-17(7-10-22)12-24-17/h1-3,8,13-14H,4-7,9-12H2/t13-,14-/m0/s1. The first-order valence-electron chi connectivity index (χ1n) is 8.70. The molecule has 1 amide bonds. The highest BCUT2D eigenvalue weighted by atomic mass is 19.3. The second-order valence-electron chi connectivity index (χ2n) is 7.36. The molecule has 2 aliphatic heterocycles. The number of hydrogen-bond donors (Lipinski definition) is 0. The summed E-state index contributed by atoms with van der Waals surface area (Å²) >= 11 is 0. The zero-order valence-electron chi connectivity index (χ0n) is 13.6. The number of epoxide rings is 1. The lowest BCUT2D eigenvalue weighted by molar-refractivity contribution is -0.142. The second kappa shape index (κ2) is 5.76. The number of ether oxygens (including phenoxy) is 1. The summed E-state index contributed by atoms with van der Waals surface area (Å²) in [7, 11) is 0. The highest BCUT2D eigenvalue weighted by Crippen LogP contribution is 2.46. The van der Waals surface area contributed by atoms with Crippen molar-refractivity contribution < 1.29 is 18.3 Å². The maximum atomic E-state index is 14.0. The van der Waals surface area contributed by atoms with Gasteiger partial charge in [-0.15, -0.1) is 0 Å². The van der Waals surface area contributed by atoms with Gasteiger partial charge in [0.15, 0.2) is 0 Å². The van der Waals surface area contributed by atoms with Gasteiger partial charge in [0.05, 0.1) is 12.2 Å². The Morgan fingerprint density at radius 3 is 2.62 bits per heavy atom. The van der Waals surface area contributed by atoms with Crippen molar-refractivity contribution in [3.63, 3.8) is 0 Å². The van der Waals surface area contributed by atoms with Gasteiger partial charge in [0.1, 0.15) is 0 Å². The van der Waals surface area contributed by atoms with Crippen LogP contribution in [0.25, 0.3) is 0 Å². The van der Waals surface area contributed by atoms with Crippen LogP contribution in [0.1, 0.15) is 43.7 Å². The summed E-state index contributed by atoms with van der Waals surface area (Å²) in [5.74, 6) is -3.60. The Bertz CT molecular complexity index is 609. The van der Waals surface area contributed by atoms with Crippen molar-refractivity contribution in [2.45, 2.75) is 49.5 Å². The third-order valence-corrected chi connectivity index (χ3v) is 5.75. The van der Waals surface area contributed by atoms with Crippen molar-refractivity contribution in [1.82, 2.24) is 9.88 Å². The van der Waals surface area contributed by atoms with Crippen LogP contribution in [-0.2, 0) is 9.53 Å². The van der Waals surface area contributed by atoms with Gasteiger partial charge in [-0.3, -0.25) is 9.78 Å². The smallest absolute Gasteiger partial charge is 0.248 e. The highest BCUT2D eigenvalue weighted by molar-refractivity contribution is 5.80. The van der Waals surface area contributed by atoms with Gasteiger partial charge in [-0.2, -0.15) is 0 Å². The number of pyridine rings is 1. The van der Waals surface area contributed by atoms with Gasteiger partial charge in [-0.1, -0.05) is 6.07 Å². The van der Waals surface area contributed by atoms with Gasteiger partial charge in [0, 0.05) is 49.7 Å². The van der Waals surface area contributed by atoms with Gasteiger partial charge >= 0.3 is 0 Å². The zero-order valence-corrected chi connectivity index (χ0v) is 13.6. The van der Waals surface area contributed by atoms with E-state index >= 15 is 0 Å². The first-order valence-corrected chi connectivity index (χ1v) is 8.70.